The summed E-state index contributed by atoms with van der Waals surface area (Å²) >= 11 is 0. The molecule has 0 unspecified atom stereocenters. The Morgan fingerprint density at radius 3 is 2.31 bits per heavy atom. The SMILES string of the molecule is Cc1ccc(NC(=O)COC(=O)c2ccc(N3C(=O)[C@H]4C[C@H](C)CC[C@H]4C3=O)cc2)cc1. The Morgan fingerprint density at radius 1 is 0.969 bits per heavy atom. The number of benzene rings is 2. The molecule has 1 aliphatic heterocycles. The van der Waals surface area contributed by atoms with Gasteiger partial charge in [-0.05, 0) is 68.5 Å². The maximum absolute atomic E-state index is 12.8. The number of fused-ring (bicyclic) bond motifs is 1. The molecule has 2 fully saturated rings. The molecule has 1 saturated carbocycles. The van der Waals surface area contributed by atoms with E-state index in [0.717, 1.165) is 24.8 Å². The van der Waals surface area contributed by atoms with Gasteiger partial charge in [0.05, 0.1) is 23.1 Å². The summed E-state index contributed by atoms with van der Waals surface area (Å²) in [5.74, 6) is -1.46. The summed E-state index contributed by atoms with van der Waals surface area (Å²) in [5, 5.41) is 2.66. The number of imide groups is 1. The van der Waals surface area contributed by atoms with Crippen molar-refractivity contribution in [2.24, 2.45) is 17.8 Å². The van der Waals surface area contributed by atoms with Crippen LogP contribution < -0.4 is 10.2 Å². The number of aryl methyl sites for hydroxylation is 1. The van der Waals surface area contributed by atoms with E-state index in [1.807, 2.05) is 19.1 Å². The van der Waals surface area contributed by atoms with Gasteiger partial charge < -0.3 is 10.1 Å². The van der Waals surface area contributed by atoms with Crippen molar-refractivity contribution < 1.29 is 23.9 Å². The topological polar surface area (TPSA) is 92.8 Å². The molecular weight excluding hydrogens is 408 g/mol. The molecule has 2 aromatic rings. The molecule has 1 N–H and O–H groups in total. The van der Waals surface area contributed by atoms with Crippen LogP contribution in [0.25, 0.3) is 0 Å². The molecule has 1 saturated heterocycles. The molecule has 3 atom stereocenters. The zero-order valence-electron chi connectivity index (χ0n) is 18.2. The van der Waals surface area contributed by atoms with Crippen molar-refractivity contribution >= 4 is 35.1 Å². The molecule has 1 heterocycles. The van der Waals surface area contributed by atoms with Crippen LogP contribution in [0.4, 0.5) is 11.4 Å². The normalized spacial score (nSPS) is 22.4. The first-order chi connectivity index (χ1) is 15.3. The number of hydrogen-bond donors (Lipinski definition) is 1. The van der Waals surface area contributed by atoms with Crippen LogP contribution in [-0.4, -0.2) is 30.3 Å². The van der Waals surface area contributed by atoms with Crippen molar-refractivity contribution in [2.75, 3.05) is 16.8 Å². The van der Waals surface area contributed by atoms with E-state index in [9.17, 15) is 19.2 Å². The molecule has 0 bridgehead atoms. The number of anilines is 2. The molecule has 166 valence electrons. The van der Waals surface area contributed by atoms with E-state index >= 15 is 0 Å². The van der Waals surface area contributed by atoms with E-state index in [-0.39, 0.29) is 29.2 Å². The predicted octanol–water partition coefficient (Wildman–Crippen LogP) is 3.72. The van der Waals surface area contributed by atoms with Gasteiger partial charge >= 0.3 is 5.97 Å². The predicted molar refractivity (Wildman–Crippen MR) is 119 cm³/mol. The second-order valence-corrected chi connectivity index (χ2v) is 8.68. The lowest BCUT2D eigenvalue weighted by Gasteiger charge is -2.25. The van der Waals surface area contributed by atoms with Crippen molar-refractivity contribution in [3.63, 3.8) is 0 Å². The Hall–Kier alpha value is -3.48. The molecule has 0 aromatic heterocycles. The van der Waals surface area contributed by atoms with Gasteiger partial charge in [0.1, 0.15) is 0 Å². The Balaban J connectivity index is 1.35. The quantitative estimate of drug-likeness (QED) is 0.572. The van der Waals surface area contributed by atoms with Gasteiger partial charge in [-0.3, -0.25) is 19.3 Å². The van der Waals surface area contributed by atoms with Crippen LogP contribution in [0.2, 0.25) is 0 Å². The molecule has 2 aromatic carbocycles. The van der Waals surface area contributed by atoms with Gasteiger partial charge in [-0.15, -0.1) is 0 Å². The highest BCUT2D eigenvalue weighted by Crippen LogP contribution is 2.42. The fourth-order valence-electron chi connectivity index (χ4n) is 4.44. The van der Waals surface area contributed by atoms with Crippen LogP contribution in [0.15, 0.2) is 48.5 Å². The average molecular weight is 434 g/mol. The number of carbonyl (C=O) groups excluding carboxylic acids is 4. The lowest BCUT2D eigenvalue weighted by Crippen LogP contribution is -2.30. The van der Waals surface area contributed by atoms with Gasteiger partial charge in [-0.25, -0.2) is 4.79 Å². The molecule has 0 spiro atoms. The van der Waals surface area contributed by atoms with Gasteiger partial charge in [0, 0.05) is 5.69 Å². The van der Waals surface area contributed by atoms with Gasteiger partial charge in [0.2, 0.25) is 11.8 Å². The van der Waals surface area contributed by atoms with Crippen molar-refractivity contribution in [3.05, 3.63) is 59.7 Å². The molecule has 2 aliphatic rings. The van der Waals surface area contributed by atoms with E-state index < -0.39 is 18.5 Å². The summed E-state index contributed by atoms with van der Waals surface area (Å²) in [6, 6.07) is 13.4. The summed E-state index contributed by atoms with van der Waals surface area (Å²) in [5.41, 5.74) is 2.39. The summed E-state index contributed by atoms with van der Waals surface area (Å²) < 4.78 is 5.08. The molecule has 1 aliphatic carbocycles. The number of rotatable bonds is 5. The number of hydrogen-bond acceptors (Lipinski definition) is 5. The third-order valence-corrected chi connectivity index (χ3v) is 6.22. The van der Waals surface area contributed by atoms with Crippen molar-refractivity contribution in [1.29, 1.82) is 0 Å². The van der Waals surface area contributed by atoms with E-state index in [0.29, 0.717) is 17.3 Å². The van der Waals surface area contributed by atoms with Crippen LogP contribution in [0, 0.1) is 24.7 Å². The van der Waals surface area contributed by atoms with Gasteiger partial charge in [-0.2, -0.15) is 0 Å². The van der Waals surface area contributed by atoms with Crippen molar-refractivity contribution in [1.82, 2.24) is 0 Å². The first kappa shape index (κ1) is 21.7. The van der Waals surface area contributed by atoms with Gasteiger partial charge in [0.15, 0.2) is 6.61 Å². The minimum atomic E-state index is -0.655. The van der Waals surface area contributed by atoms with Gasteiger partial charge in [0.25, 0.3) is 5.91 Å². The number of amides is 3. The number of esters is 1. The molecule has 7 heteroatoms. The van der Waals surface area contributed by atoms with E-state index in [1.54, 1.807) is 24.3 Å². The molecule has 3 amide bonds. The molecule has 32 heavy (non-hydrogen) atoms. The maximum atomic E-state index is 12.8. The third kappa shape index (κ3) is 4.42. The number of nitrogens with one attached hydrogen (secondary N) is 1. The van der Waals surface area contributed by atoms with Crippen LogP contribution in [-0.2, 0) is 19.1 Å². The largest absolute Gasteiger partial charge is 0.452 e. The standard InChI is InChI=1S/C25H26N2O5/c1-15-3-8-18(9-4-15)26-22(28)14-32-25(31)17-6-10-19(11-7-17)27-23(29)20-12-5-16(2)13-21(20)24(27)30/h3-4,6-11,16,20-21H,5,12-14H2,1-2H3,(H,26,28)/t16-,20-,21+/m1/s1. The maximum Gasteiger partial charge on any atom is 0.338 e. The fraction of sp³-hybridized carbons (Fsp3) is 0.360. The molecular formula is C25H26N2O5. The van der Waals surface area contributed by atoms with Crippen LogP contribution >= 0.6 is 0 Å². The third-order valence-electron chi connectivity index (χ3n) is 6.22. The second kappa shape index (κ2) is 8.94. The Bertz CT molecular complexity index is 1050. The highest BCUT2D eigenvalue weighted by atomic mass is 16.5. The first-order valence-electron chi connectivity index (χ1n) is 10.8. The van der Waals surface area contributed by atoms with Crippen LogP contribution in [0.3, 0.4) is 0 Å². The van der Waals surface area contributed by atoms with E-state index in [2.05, 4.69) is 12.2 Å². The second-order valence-electron chi connectivity index (χ2n) is 8.68. The summed E-state index contributed by atoms with van der Waals surface area (Å²) in [6.45, 7) is 3.64. The average Bonchev–Trinajstić information content (AvgIpc) is 3.03. The lowest BCUT2D eigenvalue weighted by atomic mass is 9.76. The van der Waals surface area contributed by atoms with E-state index in [1.165, 1.54) is 17.0 Å². The summed E-state index contributed by atoms with van der Waals surface area (Å²) in [4.78, 5) is 51.2. The summed E-state index contributed by atoms with van der Waals surface area (Å²) in [7, 11) is 0. The van der Waals surface area contributed by atoms with Crippen LogP contribution in [0.5, 0.6) is 0 Å². The fourth-order valence-corrected chi connectivity index (χ4v) is 4.44. The van der Waals surface area contributed by atoms with Crippen molar-refractivity contribution in [2.45, 2.75) is 33.1 Å². The number of ether oxygens (including phenoxy) is 1. The minimum Gasteiger partial charge on any atom is -0.452 e. The number of carbonyl (C=O) groups is 4. The zero-order chi connectivity index (χ0) is 22.8. The minimum absolute atomic E-state index is 0.157. The smallest absolute Gasteiger partial charge is 0.338 e. The lowest BCUT2D eigenvalue weighted by molar-refractivity contribution is -0.122. The molecule has 4 rings (SSSR count). The molecule has 0 radical (unpaired) electrons. The van der Waals surface area contributed by atoms with E-state index in [4.69, 9.17) is 4.74 Å². The molecule has 7 nitrogen and oxygen atoms in total. The highest BCUT2D eigenvalue weighted by Gasteiger charge is 2.49. The van der Waals surface area contributed by atoms with Crippen molar-refractivity contribution in [3.8, 4) is 0 Å². The number of nitrogens with zero attached hydrogens (tertiary/aromatic N) is 1. The Morgan fingerprint density at radius 2 is 1.62 bits per heavy atom. The first-order valence-corrected chi connectivity index (χ1v) is 10.8. The monoisotopic (exact) mass is 434 g/mol. The zero-order valence-corrected chi connectivity index (χ0v) is 18.2. The highest BCUT2D eigenvalue weighted by molar-refractivity contribution is 6.22. The Labute approximate surface area is 186 Å². The Kier molecular flexibility index (Phi) is 6.08. The summed E-state index contributed by atoms with van der Waals surface area (Å²) in [6.07, 6.45) is 2.43. The van der Waals surface area contributed by atoms with Gasteiger partial charge in [-0.1, -0.05) is 24.6 Å². The van der Waals surface area contributed by atoms with Crippen LogP contribution in [0.1, 0.15) is 42.1 Å².